The van der Waals surface area contributed by atoms with Crippen molar-refractivity contribution >= 4 is 11.9 Å². The topological polar surface area (TPSA) is 102 Å². The van der Waals surface area contributed by atoms with Crippen LogP contribution in [0.5, 0.6) is 5.75 Å². The molecule has 1 aromatic rings. The first-order chi connectivity index (χ1) is 26.3. The Kier molecular flexibility index (Phi) is 18.1. The average molecular weight is 767 g/mol. The molecule has 1 aromatic carbocycles. The van der Waals surface area contributed by atoms with E-state index in [9.17, 15) is 19.8 Å². The molecular weight excluding hydrogens is 689 g/mol. The molecule has 3 aliphatic carbocycles. The lowest BCUT2D eigenvalue weighted by Gasteiger charge is -2.41. The van der Waals surface area contributed by atoms with E-state index in [1.54, 1.807) is 6.92 Å². The van der Waals surface area contributed by atoms with Gasteiger partial charge in [0.1, 0.15) is 5.75 Å². The molecule has 0 atom stereocenters. The normalized spacial score (nSPS) is 24.9. The number of benzene rings is 1. The lowest BCUT2D eigenvalue weighted by atomic mass is 9.64. The number of ether oxygens (including phenoxy) is 3. The van der Waals surface area contributed by atoms with E-state index in [0.717, 1.165) is 46.5 Å². The Labute approximate surface area is 334 Å². The van der Waals surface area contributed by atoms with Crippen LogP contribution in [0.1, 0.15) is 173 Å². The van der Waals surface area contributed by atoms with Crippen LogP contribution < -0.4 is 4.74 Å². The van der Waals surface area contributed by atoms with Crippen molar-refractivity contribution in [2.75, 3.05) is 33.0 Å². The Morgan fingerprint density at radius 1 is 0.727 bits per heavy atom. The lowest BCUT2D eigenvalue weighted by molar-refractivity contribution is -0.152. The molecule has 0 radical (unpaired) electrons. The molecule has 3 fully saturated rings. The maximum absolute atomic E-state index is 12.7. The van der Waals surface area contributed by atoms with E-state index >= 15 is 0 Å². The smallest absolute Gasteiger partial charge is 0.333 e. The predicted molar refractivity (Wildman–Crippen MR) is 222 cm³/mol. The van der Waals surface area contributed by atoms with Crippen molar-refractivity contribution in [2.45, 2.75) is 169 Å². The fraction of sp³-hybridized carbons (Fsp3) is 0.792. The lowest BCUT2D eigenvalue weighted by Crippen LogP contribution is -2.29. The van der Waals surface area contributed by atoms with Gasteiger partial charge in [-0.3, -0.25) is 4.79 Å². The second-order valence-corrected chi connectivity index (χ2v) is 19.3. The molecule has 0 amide bonds. The molecule has 312 valence electrons. The first-order valence-electron chi connectivity index (χ1n) is 22.3. The van der Waals surface area contributed by atoms with Crippen molar-refractivity contribution in [3.05, 3.63) is 41.0 Å². The molecule has 3 aliphatic rings. The molecule has 0 aliphatic heterocycles. The largest absolute Gasteiger partial charge is 0.493 e. The Hall–Kier alpha value is -2.38. The van der Waals surface area contributed by atoms with E-state index in [-0.39, 0.29) is 32.4 Å². The summed E-state index contributed by atoms with van der Waals surface area (Å²) in [5, 5.41) is 19.8. The minimum Gasteiger partial charge on any atom is -0.493 e. The van der Waals surface area contributed by atoms with E-state index in [4.69, 9.17) is 14.2 Å². The number of aliphatic hydroxyl groups excluding tert-OH is 2. The standard InChI is InChI=1S/C48H78O7/c1-8-9-10-11-35-12-14-36(15-13-35)37-16-18-38(19-17-37)39-20-22-40(23-21-39)43-30-41(24-27-54-45(51)34(2)3)44(53-29-26-48(7,32-49)33-50)42(31-43)25-28-55-46(52)47(4,5)6/h30-31,35-40,49-50H,2,8-29,32-33H2,1,3-7H3. The van der Waals surface area contributed by atoms with Crippen molar-refractivity contribution in [2.24, 2.45) is 40.4 Å². The highest BCUT2D eigenvalue weighted by atomic mass is 16.5. The molecule has 7 nitrogen and oxygen atoms in total. The molecule has 0 saturated heterocycles. The first kappa shape index (κ1) is 45.3. The van der Waals surface area contributed by atoms with E-state index in [1.807, 2.05) is 27.7 Å². The minimum atomic E-state index is -0.662. The number of aliphatic hydroxyl groups is 2. The van der Waals surface area contributed by atoms with E-state index in [2.05, 4.69) is 25.6 Å². The highest BCUT2D eigenvalue weighted by Gasteiger charge is 2.35. The van der Waals surface area contributed by atoms with Gasteiger partial charge < -0.3 is 24.4 Å². The number of carbonyl (C=O) groups excluding carboxylic acids is 2. The highest BCUT2D eigenvalue weighted by molar-refractivity contribution is 5.86. The number of hydrogen-bond acceptors (Lipinski definition) is 7. The molecule has 0 bridgehead atoms. The number of hydrogen-bond donors (Lipinski definition) is 2. The predicted octanol–water partition coefficient (Wildman–Crippen LogP) is 10.7. The van der Waals surface area contributed by atoms with Gasteiger partial charge in [-0.15, -0.1) is 0 Å². The van der Waals surface area contributed by atoms with Gasteiger partial charge in [-0.05, 0) is 151 Å². The fourth-order valence-corrected chi connectivity index (χ4v) is 9.67. The Bertz CT molecular complexity index is 1330. The van der Waals surface area contributed by atoms with Gasteiger partial charge in [0.2, 0.25) is 0 Å². The van der Waals surface area contributed by atoms with Gasteiger partial charge in [-0.1, -0.05) is 71.1 Å². The summed E-state index contributed by atoms with van der Waals surface area (Å²) in [6.07, 6.45) is 23.6. The molecule has 0 spiro atoms. The van der Waals surface area contributed by atoms with Crippen LogP contribution in [0.2, 0.25) is 0 Å². The molecule has 0 heterocycles. The van der Waals surface area contributed by atoms with Crippen LogP contribution in [-0.2, 0) is 31.9 Å². The van der Waals surface area contributed by atoms with Gasteiger partial charge in [0.05, 0.1) is 38.4 Å². The second-order valence-electron chi connectivity index (χ2n) is 19.3. The maximum Gasteiger partial charge on any atom is 0.333 e. The average Bonchev–Trinajstić information content (AvgIpc) is 3.18. The Morgan fingerprint density at radius 3 is 1.69 bits per heavy atom. The van der Waals surface area contributed by atoms with Crippen LogP contribution in [0.25, 0.3) is 0 Å². The molecule has 7 heteroatoms. The summed E-state index contributed by atoms with van der Waals surface area (Å²) >= 11 is 0. The molecule has 3 saturated carbocycles. The van der Waals surface area contributed by atoms with Crippen molar-refractivity contribution in [3.8, 4) is 5.75 Å². The fourth-order valence-electron chi connectivity index (χ4n) is 9.67. The van der Waals surface area contributed by atoms with Crippen LogP contribution in [0, 0.1) is 40.4 Å². The summed E-state index contributed by atoms with van der Waals surface area (Å²) in [5.41, 5.74) is 2.34. The Balaban J connectivity index is 1.43. The van der Waals surface area contributed by atoms with Gasteiger partial charge in [0.15, 0.2) is 0 Å². The molecule has 0 unspecified atom stereocenters. The van der Waals surface area contributed by atoms with Gasteiger partial charge in [0, 0.05) is 23.8 Å². The summed E-state index contributed by atoms with van der Waals surface area (Å²) in [4.78, 5) is 25.0. The third kappa shape index (κ3) is 13.9. The van der Waals surface area contributed by atoms with E-state index in [0.29, 0.717) is 37.4 Å². The van der Waals surface area contributed by atoms with Crippen LogP contribution in [0.3, 0.4) is 0 Å². The monoisotopic (exact) mass is 767 g/mol. The van der Waals surface area contributed by atoms with Crippen LogP contribution in [-0.4, -0.2) is 55.2 Å². The van der Waals surface area contributed by atoms with Crippen molar-refractivity contribution in [1.29, 1.82) is 0 Å². The van der Waals surface area contributed by atoms with Gasteiger partial charge in [-0.25, -0.2) is 4.79 Å². The van der Waals surface area contributed by atoms with Gasteiger partial charge in [0.25, 0.3) is 0 Å². The van der Waals surface area contributed by atoms with Crippen molar-refractivity contribution in [3.63, 3.8) is 0 Å². The zero-order valence-electron chi connectivity index (χ0n) is 35.7. The zero-order chi connectivity index (χ0) is 40.0. The number of carbonyl (C=O) groups is 2. The number of esters is 2. The van der Waals surface area contributed by atoms with Crippen LogP contribution in [0.15, 0.2) is 24.3 Å². The van der Waals surface area contributed by atoms with Crippen LogP contribution in [0.4, 0.5) is 0 Å². The third-order valence-electron chi connectivity index (χ3n) is 13.7. The SMILES string of the molecule is C=C(C)C(=O)OCCc1cc(C2CCC(C3CCC(C4CCC(CCCCC)CC4)CC3)CC2)cc(CCOC(=O)C(C)(C)C)c1OCCC(C)(CO)CO. The third-order valence-corrected chi connectivity index (χ3v) is 13.7. The van der Waals surface area contributed by atoms with Gasteiger partial charge in [-0.2, -0.15) is 0 Å². The summed E-state index contributed by atoms with van der Waals surface area (Å²) in [7, 11) is 0. The summed E-state index contributed by atoms with van der Waals surface area (Å²) in [6.45, 7) is 15.6. The molecular formula is C48H78O7. The summed E-state index contributed by atoms with van der Waals surface area (Å²) < 4.78 is 17.8. The molecule has 0 aromatic heterocycles. The quantitative estimate of drug-likeness (QED) is 0.0774. The zero-order valence-corrected chi connectivity index (χ0v) is 35.7. The molecule has 4 rings (SSSR count). The first-order valence-corrected chi connectivity index (χ1v) is 22.3. The minimum absolute atomic E-state index is 0.143. The van der Waals surface area contributed by atoms with Crippen molar-refractivity contribution < 1.29 is 34.0 Å². The number of rotatable bonds is 20. The highest BCUT2D eigenvalue weighted by Crippen LogP contribution is 2.48. The van der Waals surface area contributed by atoms with E-state index < -0.39 is 16.8 Å². The molecule has 2 N–H and O–H groups in total. The molecule has 55 heavy (non-hydrogen) atoms. The van der Waals surface area contributed by atoms with E-state index in [1.165, 1.54) is 108 Å². The second kappa shape index (κ2) is 22.0. The van der Waals surface area contributed by atoms with Crippen molar-refractivity contribution in [1.82, 2.24) is 0 Å². The van der Waals surface area contributed by atoms with Gasteiger partial charge >= 0.3 is 11.9 Å². The Morgan fingerprint density at radius 2 is 1.22 bits per heavy atom. The van der Waals surface area contributed by atoms with Crippen LogP contribution >= 0.6 is 0 Å². The maximum atomic E-state index is 12.7. The summed E-state index contributed by atoms with van der Waals surface area (Å²) in [5.74, 6) is 5.13. The number of unbranched alkanes of at least 4 members (excludes halogenated alkanes) is 2. The summed E-state index contributed by atoms with van der Waals surface area (Å²) in [6, 6.07) is 4.51.